The van der Waals surface area contributed by atoms with Crippen LogP contribution in [0.5, 0.6) is 0 Å². The number of rotatable bonds is 9. The van der Waals surface area contributed by atoms with Gasteiger partial charge in [0.05, 0.1) is 19.0 Å². The lowest BCUT2D eigenvalue weighted by atomic mass is 9.99. The molecule has 0 saturated carbocycles. The maximum Gasteiger partial charge on any atom is 0.330 e. The lowest BCUT2D eigenvalue weighted by Gasteiger charge is -2.28. The molecule has 0 aromatic carbocycles. The summed E-state index contributed by atoms with van der Waals surface area (Å²) in [6, 6.07) is 0.872. The largest absolute Gasteiger partial charge is 0.711 e. The fourth-order valence-corrected chi connectivity index (χ4v) is 3.29. The Kier molecular flexibility index (Phi) is 7.82. The molecule has 2 rings (SSSR count). The zero-order chi connectivity index (χ0) is 21.6. The van der Waals surface area contributed by atoms with E-state index in [1.807, 2.05) is 6.92 Å². The van der Waals surface area contributed by atoms with Crippen LogP contribution >= 0.6 is 0 Å². The Morgan fingerprint density at radius 3 is 2.86 bits per heavy atom. The molecule has 2 heterocycles. The normalized spacial score (nSPS) is 19.7. The molecule has 1 aliphatic rings. The molecule has 1 aromatic heterocycles. The summed E-state index contributed by atoms with van der Waals surface area (Å²) in [6.45, 7) is 1.32. The summed E-state index contributed by atoms with van der Waals surface area (Å²) < 4.78 is 27.2. The second-order valence-electron chi connectivity index (χ2n) is 6.95. The van der Waals surface area contributed by atoms with Gasteiger partial charge in [-0.1, -0.05) is 19.8 Å². The first-order valence-electron chi connectivity index (χ1n) is 9.31. The molecule has 1 fully saturated rings. The molecule has 1 aromatic rings. The molecule has 3 amide bonds. The van der Waals surface area contributed by atoms with Crippen molar-refractivity contribution in [2.24, 2.45) is 5.92 Å². The zero-order valence-corrected chi connectivity index (χ0v) is 16.0. The topological polar surface area (TPSA) is 117 Å². The number of hydroxylamine groups is 2. The van der Waals surface area contributed by atoms with E-state index < -0.39 is 35.8 Å². The van der Waals surface area contributed by atoms with Crippen LogP contribution < -0.4 is 10.0 Å². The van der Waals surface area contributed by atoms with Gasteiger partial charge in [-0.3, -0.25) is 14.8 Å². The lowest BCUT2D eigenvalue weighted by molar-refractivity contribution is -0.591. The second-order valence-corrected chi connectivity index (χ2v) is 6.95. The van der Waals surface area contributed by atoms with Gasteiger partial charge >= 0.3 is 5.91 Å². The first-order chi connectivity index (χ1) is 13.8. The van der Waals surface area contributed by atoms with Gasteiger partial charge in [-0.2, -0.15) is 0 Å². The molecular weight excluding hydrogens is 390 g/mol. The molecule has 0 unspecified atom stereocenters. The van der Waals surface area contributed by atoms with Gasteiger partial charge in [0.25, 0.3) is 5.82 Å². The van der Waals surface area contributed by atoms with Crippen molar-refractivity contribution in [3.8, 4) is 0 Å². The number of aromatic nitrogens is 1. The minimum Gasteiger partial charge on any atom is -0.711 e. The fraction of sp³-hybridized carbons (Fsp3) is 0.556. The van der Waals surface area contributed by atoms with Gasteiger partial charge in [0.1, 0.15) is 18.4 Å². The Morgan fingerprint density at radius 1 is 1.52 bits per heavy atom. The number of nitrogens with one attached hydrogen (secondary N) is 1. The Balaban J connectivity index is 2.16. The first kappa shape index (κ1) is 22.5. The maximum atomic E-state index is 14.1. The van der Waals surface area contributed by atoms with Crippen molar-refractivity contribution in [1.29, 1.82) is 0 Å². The summed E-state index contributed by atoms with van der Waals surface area (Å²) in [5, 5.41) is 23.8. The van der Waals surface area contributed by atoms with Gasteiger partial charge in [0.15, 0.2) is 5.82 Å². The van der Waals surface area contributed by atoms with Gasteiger partial charge in [-0.15, -0.1) is 0 Å². The van der Waals surface area contributed by atoms with Crippen LogP contribution in [0.15, 0.2) is 18.3 Å². The summed E-state index contributed by atoms with van der Waals surface area (Å²) in [7, 11) is 0. The SMILES string of the molecule is CCCC[C@H](CN(O)C=O)C(=O)N1C[C@H](F)C[C@H]1C(=O)Nc1ccc(F)c[n+]1[O-]. The highest BCUT2D eigenvalue weighted by molar-refractivity contribution is 5.97. The monoisotopic (exact) mass is 414 g/mol. The molecule has 0 aliphatic carbocycles. The van der Waals surface area contributed by atoms with Crippen LogP contribution in [0.2, 0.25) is 0 Å². The van der Waals surface area contributed by atoms with Gasteiger partial charge in [-0.25, -0.2) is 28.7 Å². The van der Waals surface area contributed by atoms with E-state index in [2.05, 4.69) is 5.32 Å². The lowest BCUT2D eigenvalue weighted by Crippen LogP contribution is -2.48. The number of nitrogens with zero attached hydrogens (tertiary/aromatic N) is 3. The quantitative estimate of drug-likeness (QED) is 0.206. The molecular formula is C18H24F2N4O5. The van der Waals surface area contributed by atoms with Crippen molar-refractivity contribution in [2.45, 2.75) is 44.8 Å². The minimum atomic E-state index is -1.44. The van der Waals surface area contributed by atoms with Crippen molar-refractivity contribution in [3.05, 3.63) is 29.4 Å². The summed E-state index contributed by atoms with van der Waals surface area (Å²) in [5.41, 5.74) is 0. The van der Waals surface area contributed by atoms with Crippen LogP contribution in [-0.2, 0) is 14.4 Å². The van der Waals surface area contributed by atoms with Gasteiger partial charge in [-0.05, 0) is 12.5 Å². The Morgan fingerprint density at radius 2 is 2.24 bits per heavy atom. The number of unbranched alkanes of at least 4 members (excludes halogenated alkanes) is 1. The van der Waals surface area contributed by atoms with Crippen molar-refractivity contribution >= 4 is 24.0 Å². The molecule has 0 spiro atoms. The van der Waals surface area contributed by atoms with Crippen LogP contribution in [0.3, 0.4) is 0 Å². The number of alkyl halides is 1. The standard InChI is InChI=1S/C18H24F2N4O5/c1-2-3-4-12(8-22(28)11-25)18(27)23-9-14(20)7-15(23)17(26)21-16-6-5-13(19)10-24(16)29/h5-6,10-12,14-15,28H,2-4,7-9H2,1H3,(H,21,26)/t12-,14-,15+/m1/s1. The second kappa shape index (κ2) is 10.1. The Labute approximate surface area is 166 Å². The third-order valence-corrected chi connectivity index (χ3v) is 4.75. The van der Waals surface area contributed by atoms with E-state index in [9.17, 15) is 33.6 Å². The third kappa shape index (κ3) is 5.83. The molecule has 9 nitrogen and oxygen atoms in total. The van der Waals surface area contributed by atoms with E-state index in [0.717, 1.165) is 23.5 Å². The summed E-state index contributed by atoms with van der Waals surface area (Å²) in [5.74, 6) is -3.19. The Hall–Kier alpha value is -2.82. The van der Waals surface area contributed by atoms with Gasteiger partial charge in [0, 0.05) is 12.5 Å². The van der Waals surface area contributed by atoms with Crippen molar-refractivity contribution in [1.82, 2.24) is 9.96 Å². The van der Waals surface area contributed by atoms with Crippen molar-refractivity contribution in [2.75, 3.05) is 18.4 Å². The number of halogens is 2. The van der Waals surface area contributed by atoms with E-state index >= 15 is 0 Å². The third-order valence-electron chi connectivity index (χ3n) is 4.75. The van der Waals surface area contributed by atoms with Crippen LogP contribution in [0.4, 0.5) is 14.6 Å². The van der Waals surface area contributed by atoms with E-state index in [0.29, 0.717) is 24.1 Å². The fourth-order valence-electron chi connectivity index (χ4n) is 3.29. The zero-order valence-electron chi connectivity index (χ0n) is 16.0. The molecule has 0 bridgehead atoms. The van der Waals surface area contributed by atoms with E-state index in [4.69, 9.17) is 0 Å². The molecule has 1 aliphatic heterocycles. The molecule has 11 heteroatoms. The molecule has 1 saturated heterocycles. The smallest absolute Gasteiger partial charge is 0.330 e. The van der Waals surface area contributed by atoms with Gasteiger partial charge in [0.2, 0.25) is 12.3 Å². The Bertz CT molecular complexity index is 751. The van der Waals surface area contributed by atoms with Crippen LogP contribution in [0, 0.1) is 16.9 Å². The molecule has 2 N–H and O–H groups in total. The van der Waals surface area contributed by atoms with Crippen molar-refractivity contribution < 1.29 is 33.1 Å². The first-order valence-corrected chi connectivity index (χ1v) is 9.31. The molecule has 3 atom stereocenters. The summed E-state index contributed by atoms with van der Waals surface area (Å²) >= 11 is 0. The number of pyridine rings is 1. The number of anilines is 1. The van der Waals surface area contributed by atoms with Gasteiger partial charge < -0.3 is 10.1 Å². The number of hydrogen-bond donors (Lipinski definition) is 2. The summed E-state index contributed by atoms with van der Waals surface area (Å²) in [6.07, 6.45) is 0.847. The number of amides is 3. The maximum absolute atomic E-state index is 14.1. The highest BCUT2D eigenvalue weighted by atomic mass is 19.1. The predicted molar refractivity (Wildman–Crippen MR) is 96.6 cm³/mol. The van der Waals surface area contributed by atoms with Crippen LogP contribution in [-0.4, -0.2) is 58.7 Å². The van der Waals surface area contributed by atoms with E-state index in [1.54, 1.807) is 0 Å². The number of carbonyl (C=O) groups excluding carboxylic acids is 3. The molecule has 0 radical (unpaired) electrons. The predicted octanol–water partition coefficient (Wildman–Crippen LogP) is 0.991. The average molecular weight is 414 g/mol. The number of carbonyl (C=O) groups is 3. The minimum absolute atomic E-state index is 0.124. The highest BCUT2D eigenvalue weighted by Crippen LogP contribution is 2.25. The molecule has 160 valence electrons. The van der Waals surface area contributed by atoms with E-state index in [-0.39, 0.29) is 36.5 Å². The van der Waals surface area contributed by atoms with Crippen LogP contribution in [0.25, 0.3) is 0 Å². The van der Waals surface area contributed by atoms with Crippen molar-refractivity contribution in [3.63, 3.8) is 0 Å². The van der Waals surface area contributed by atoms with E-state index in [1.165, 1.54) is 0 Å². The average Bonchev–Trinajstić information content (AvgIpc) is 3.08. The highest BCUT2D eigenvalue weighted by Gasteiger charge is 2.43. The molecule has 29 heavy (non-hydrogen) atoms. The number of likely N-dealkylation sites (tertiary alicyclic amines) is 1. The number of hydrogen-bond acceptors (Lipinski definition) is 5. The van der Waals surface area contributed by atoms with Crippen LogP contribution in [0.1, 0.15) is 32.6 Å². The summed E-state index contributed by atoms with van der Waals surface area (Å²) in [4.78, 5) is 37.3.